The van der Waals surface area contributed by atoms with E-state index in [1.807, 2.05) is 0 Å². The minimum Gasteiger partial charge on any atom is -0.396 e. The molecule has 1 aliphatic rings. The van der Waals surface area contributed by atoms with Crippen LogP contribution in [0.4, 0.5) is 8.78 Å². The summed E-state index contributed by atoms with van der Waals surface area (Å²) in [6, 6.07) is 4.14. The van der Waals surface area contributed by atoms with Gasteiger partial charge in [-0.2, -0.15) is 0 Å². The number of aliphatic hydroxyl groups excluding tert-OH is 1. The van der Waals surface area contributed by atoms with Gasteiger partial charge in [0.05, 0.1) is 0 Å². The first-order valence-electron chi connectivity index (χ1n) is 6.73. The molecule has 20 heavy (non-hydrogen) atoms. The lowest BCUT2D eigenvalue weighted by molar-refractivity contribution is 0.154. The number of nitrogens with one attached hydrogen (secondary N) is 1. The topological polar surface area (TPSA) is 35.5 Å². The third-order valence-corrected chi connectivity index (χ3v) is 3.56. The molecule has 1 fully saturated rings. The van der Waals surface area contributed by atoms with Gasteiger partial charge < -0.3 is 10.4 Å². The first kappa shape index (κ1) is 17.3. The maximum Gasteiger partial charge on any atom is 0.159 e. The summed E-state index contributed by atoms with van der Waals surface area (Å²) in [6.07, 6.45) is 1.41. The standard InChI is InChI=1S/C14H20F2N2O.ClH/c15-12-4-3-11(10-13(12)16)14(2-1-9-19)18-7-5-17-6-8-18;/h3-4,10,14,17,19H,1-2,5-9H2;1H/t14-;/m0./s1. The summed E-state index contributed by atoms with van der Waals surface area (Å²) in [5, 5.41) is 12.3. The fraction of sp³-hybridized carbons (Fsp3) is 0.571. The van der Waals surface area contributed by atoms with Gasteiger partial charge in [-0.25, -0.2) is 8.78 Å². The normalized spacial score (nSPS) is 17.6. The quantitative estimate of drug-likeness (QED) is 0.874. The van der Waals surface area contributed by atoms with Crippen molar-refractivity contribution < 1.29 is 13.9 Å². The Morgan fingerprint density at radius 1 is 1.20 bits per heavy atom. The highest BCUT2D eigenvalue weighted by molar-refractivity contribution is 5.85. The molecule has 1 aliphatic heterocycles. The zero-order valence-corrected chi connectivity index (χ0v) is 12.1. The highest BCUT2D eigenvalue weighted by atomic mass is 35.5. The van der Waals surface area contributed by atoms with Crippen molar-refractivity contribution in [1.82, 2.24) is 10.2 Å². The lowest BCUT2D eigenvalue weighted by Gasteiger charge is -2.35. The number of rotatable bonds is 5. The fourth-order valence-corrected chi connectivity index (χ4v) is 2.56. The Bertz CT molecular complexity index is 414. The summed E-state index contributed by atoms with van der Waals surface area (Å²) in [7, 11) is 0. The van der Waals surface area contributed by atoms with E-state index in [1.165, 1.54) is 12.1 Å². The van der Waals surface area contributed by atoms with Crippen molar-refractivity contribution >= 4 is 12.4 Å². The van der Waals surface area contributed by atoms with Crippen molar-refractivity contribution in [3.63, 3.8) is 0 Å². The molecule has 0 radical (unpaired) electrons. The van der Waals surface area contributed by atoms with Gasteiger partial charge in [-0.05, 0) is 30.5 Å². The van der Waals surface area contributed by atoms with E-state index in [1.54, 1.807) is 6.07 Å². The SMILES string of the molecule is Cl.OCCC[C@@H](c1ccc(F)c(F)c1)N1CCNCC1. The summed E-state index contributed by atoms with van der Waals surface area (Å²) >= 11 is 0. The molecule has 0 saturated carbocycles. The minimum absolute atomic E-state index is 0. The molecule has 6 heteroatoms. The molecule has 1 atom stereocenters. The van der Waals surface area contributed by atoms with Gasteiger partial charge in [0.2, 0.25) is 0 Å². The highest BCUT2D eigenvalue weighted by Gasteiger charge is 2.22. The van der Waals surface area contributed by atoms with Gasteiger partial charge in [-0.1, -0.05) is 6.07 Å². The molecule has 1 aromatic carbocycles. The van der Waals surface area contributed by atoms with Crippen LogP contribution in [0.1, 0.15) is 24.4 Å². The average Bonchev–Trinajstić information content (AvgIpc) is 2.44. The van der Waals surface area contributed by atoms with Crippen LogP contribution >= 0.6 is 12.4 Å². The Hall–Kier alpha value is -0.750. The first-order valence-corrected chi connectivity index (χ1v) is 6.73. The first-order chi connectivity index (χ1) is 9.22. The van der Waals surface area contributed by atoms with Gasteiger partial charge >= 0.3 is 0 Å². The molecule has 3 nitrogen and oxygen atoms in total. The zero-order chi connectivity index (χ0) is 13.7. The molecule has 1 saturated heterocycles. The number of aliphatic hydroxyl groups is 1. The van der Waals surface area contributed by atoms with E-state index in [9.17, 15) is 8.78 Å². The van der Waals surface area contributed by atoms with Gasteiger partial charge in [-0.15, -0.1) is 12.4 Å². The molecule has 1 heterocycles. The van der Waals surface area contributed by atoms with Crippen LogP contribution in [0.15, 0.2) is 18.2 Å². The van der Waals surface area contributed by atoms with Crippen molar-refractivity contribution in [2.75, 3.05) is 32.8 Å². The molecule has 0 amide bonds. The molecule has 2 rings (SSSR count). The number of halogens is 3. The summed E-state index contributed by atoms with van der Waals surface area (Å²) in [5.74, 6) is -1.62. The minimum atomic E-state index is -0.815. The number of benzene rings is 1. The van der Waals surface area contributed by atoms with E-state index >= 15 is 0 Å². The molecule has 1 aromatic rings. The monoisotopic (exact) mass is 306 g/mol. The summed E-state index contributed by atoms with van der Waals surface area (Å²) in [5.41, 5.74) is 0.786. The van der Waals surface area contributed by atoms with Crippen molar-refractivity contribution in [2.24, 2.45) is 0 Å². The highest BCUT2D eigenvalue weighted by Crippen LogP contribution is 2.27. The molecule has 0 aliphatic carbocycles. The largest absolute Gasteiger partial charge is 0.396 e. The zero-order valence-electron chi connectivity index (χ0n) is 11.3. The summed E-state index contributed by atoms with van der Waals surface area (Å²) in [4.78, 5) is 2.26. The predicted molar refractivity (Wildman–Crippen MR) is 77.1 cm³/mol. The second-order valence-corrected chi connectivity index (χ2v) is 4.84. The number of piperazine rings is 1. The molecule has 0 unspecified atom stereocenters. The van der Waals surface area contributed by atoms with Crippen LogP contribution in [0.5, 0.6) is 0 Å². The van der Waals surface area contributed by atoms with E-state index in [-0.39, 0.29) is 25.1 Å². The van der Waals surface area contributed by atoms with E-state index in [4.69, 9.17) is 5.11 Å². The molecule has 114 valence electrons. The Labute approximate surface area is 124 Å². The molecule has 2 N–H and O–H groups in total. The summed E-state index contributed by atoms with van der Waals surface area (Å²) < 4.78 is 26.4. The average molecular weight is 307 g/mol. The number of hydrogen-bond donors (Lipinski definition) is 2. The van der Waals surface area contributed by atoms with Crippen LogP contribution in [0.2, 0.25) is 0 Å². The van der Waals surface area contributed by atoms with Crippen LogP contribution in [-0.4, -0.2) is 42.8 Å². The van der Waals surface area contributed by atoms with Crippen molar-refractivity contribution in [1.29, 1.82) is 0 Å². The molecule has 0 aromatic heterocycles. The van der Waals surface area contributed by atoms with Crippen molar-refractivity contribution in [3.05, 3.63) is 35.4 Å². The number of hydrogen-bond acceptors (Lipinski definition) is 3. The van der Waals surface area contributed by atoms with Crippen LogP contribution < -0.4 is 5.32 Å². The van der Waals surface area contributed by atoms with Crippen LogP contribution in [-0.2, 0) is 0 Å². The predicted octanol–water partition coefficient (Wildman–Crippen LogP) is 2.11. The van der Waals surface area contributed by atoms with Crippen molar-refractivity contribution in [3.8, 4) is 0 Å². The third kappa shape index (κ3) is 4.38. The van der Waals surface area contributed by atoms with Gasteiger partial charge in [0.1, 0.15) is 0 Å². The Morgan fingerprint density at radius 2 is 1.90 bits per heavy atom. The molecular weight excluding hydrogens is 286 g/mol. The third-order valence-electron chi connectivity index (χ3n) is 3.56. The Kier molecular flexibility index (Phi) is 7.37. The van der Waals surface area contributed by atoms with E-state index in [0.29, 0.717) is 6.42 Å². The number of nitrogens with zero attached hydrogens (tertiary/aromatic N) is 1. The van der Waals surface area contributed by atoms with Gasteiger partial charge in [0, 0.05) is 38.8 Å². The molecular formula is C14H21ClF2N2O. The Balaban J connectivity index is 0.00000200. The maximum absolute atomic E-state index is 13.4. The van der Waals surface area contributed by atoms with E-state index in [2.05, 4.69) is 10.2 Å². The van der Waals surface area contributed by atoms with Crippen LogP contribution in [0.25, 0.3) is 0 Å². The molecule has 0 bridgehead atoms. The molecule has 0 spiro atoms. The van der Waals surface area contributed by atoms with Crippen LogP contribution in [0.3, 0.4) is 0 Å². The van der Waals surface area contributed by atoms with Crippen LogP contribution in [0, 0.1) is 11.6 Å². The van der Waals surface area contributed by atoms with E-state index < -0.39 is 11.6 Å². The second-order valence-electron chi connectivity index (χ2n) is 4.84. The maximum atomic E-state index is 13.4. The van der Waals surface area contributed by atoms with Crippen molar-refractivity contribution in [2.45, 2.75) is 18.9 Å². The summed E-state index contributed by atoms with van der Waals surface area (Å²) in [6.45, 7) is 3.69. The second kappa shape index (κ2) is 8.52. The lowest BCUT2D eigenvalue weighted by atomic mass is 9.99. The smallest absolute Gasteiger partial charge is 0.159 e. The fourth-order valence-electron chi connectivity index (χ4n) is 2.56. The Morgan fingerprint density at radius 3 is 2.50 bits per heavy atom. The van der Waals surface area contributed by atoms with E-state index in [0.717, 1.165) is 38.2 Å². The lowest BCUT2D eigenvalue weighted by Crippen LogP contribution is -2.45. The van der Waals surface area contributed by atoms with Gasteiger partial charge in [0.15, 0.2) is 11.6 Å². The van der Waals surface area contributed by atoms with Gasteiger partial charge in [-0.3, -0.25) is 4.90 Å². The van der Waals surface area contributed by atoms with Gasteiger partial charge in [0.25, 0.3) is 0 Å².